The number of hydrogen-bond acceptors (Lipinski definition) is 2. The summed E-state index contributed by atoms with van der Waals surface area (Å²) in [6, 6.07) is 0. The molecule has 14 heavy (non-hydrogen) atoms. The molecule has 1 atom stereocenters. The number of allylic oxidation sites excluding steroid dienone is 2. The average Bonchev–Trinajstić information content (AvgIpc) is 2.14. The van der Waals surface area contributed by atoms with Crippen LogP contribution in [0.25, 0.3) is 0 Å². The van der Waals surface area contributed by atoms with E-state index in [4.69, 9.17) is 4.74 Å². The van der Waals surface area contributed by atoms with Crippen LogP contribution in [0.15, 0.2) is 23.8 Å². The molecule has 0 aromatic rings. The molecule has 0 saturated carbocycles. The van der Waals surface area contributed by atoms with Crippen molar-refractivity contribution >= 4 is 6.29 Å². The summed E-state index contributed by atoms with van der Waals surface area (Å²) in [6.07, 6.45) is 8.05. The molecule has 0 bridgehead atoms. The van der Waals surface area contributed by atoms with Gasteiger partial charge in [-0.3, -0.25) is 0 Å². The highest BCUT2D eigenvalue weighted by atomic mass is 16.5. The third-order valence-electron chi connectivity index (χ3n) is 2.30. The highest BCUT2D eigenvalue weighted by Crippen LogP contribution is 2.29. The molecular weight excluding hydrogens is 176 g/mol. The van der Waals surface area contributed by atoms with Crippen LogP contribution in [0, 0.1) is 5.41 Å². The first kappa shape index (κ1) is 11.2. The molecule has 78 valence electrons. The largest absolute Gasteiger partial charge is 0.366 e. The molecular formula is C12H18O2. The van der Waals surface area contributed by atoms with Gasteiger partial charge in [0.25, 0.3) is 0 Å². The van der Waals surface area contributed by atoms with Crippen LogP contribution < -0.4 is 0 Å². The quantitative estimate of drug-likeness (QED) is 0.645. The Morgan fingerprint density at radius 1 is 1.57 bits per heavy atom. The summed E-state index contributed by atoms with van der Waals surface area (Å²) < 4.78 is 5.29. The van der Waals surface area contributed by atoms with Gasteiger partial charge < -0.3 is 9.53 Å². The van der Waals surface area contributed by atoms with E-state index in [0.29, 0.717) is 0 Å². The smallest absolute Gasteiger partial charge is 0.145 e. The Bertz CT molecular complexity index is 256. The maximum atomic E-state index is 10.1. The van der Waals surface area contributed by atoms with Crippen molar-refractivity contribution in [3.05, 3.63) is 23.8 Å². The molecule has 0 radical (unpaired) electrons. The second kappa shape index (κ2) is 4.56. The van der Waals surface area contributed by atoms with Gasteiger partial charge in [-0.1, -0.05) is 39.0 Å². The normalized spacial score (nSPS) is 21.9. The third-order valence-corrected chi connectivity index (χ3v) is 2.30. The van der Waals surface area contributed by atoms with Gasteiger partial charge in [0, 0.05) is 0 Å². The predicted octanol–water partition coefficient (Wildman–Crippen LogP) is 2.50. The molecule has 1 rings (SSSR count). The van der Waals surface area contributed by atoms with Gasteiger partial charge in [-0.05, 0) is 17.4 Å². The maximum Gasteiger partial charge on any atom is 0.145 e. The Balaban J connectivity index is 2.49. The molecule has 1 unspecified atom stereocenters. The second-order valence-corrected chi connectivity index (χ2v) is 4.54. The summed E-state index contributed by atoms with van der Waals surface area (Å²) in [4.78, 5) is 10.1. The van der Waals surface area contributed by atoms with Crippen LogP contribution in [-0.2, 0) is 9.53 Å². The van der Waals surface area contributed by atoms with Crippen molar-refractivity contribution < 1.29 is 9.53 Å². The Hall–Kier alpha value is -0.890. The van der Waals surface area contributed by atoms with Crippen molar-refractivity contribution in [2.45, 2.75) is 33.3 Å². The molecule has 0 heterocycles. The molecule has 1 aliphatic rings. The van der Waals surface area contributed by atoms with Crippen LogP contribution in [0.5, 0.6) is 0 Å². The number of aldehydes is 1. The summed E-state index contributed by atoms with van der Waals surface area (Å²) in [5.74, 6) is 0. The van der Waals surface area contributed by atoms with Gasteiger partial charge in [-0.15, -0.1) is 0 Å². The zero-order chi connectivity index (χ0) is 10.6. The summed E-state index contributed by atoms with van der Waals surface area (Å²) in [5.41, 5.74) is 1.54. The van der Waals surface area contributed by atoms with Crippen LogP contribution in [0.4, 0.5) is 0 Å². The van der Waals surface area contributed by atoms with Crippen LogP contribution in [0.2, 0.25) is 0 Å². The van der Waals surface area contributed by atoms with Crippen molar-refractivity contribution in [1.29, 1.82) is 0 Å². The fourth-order valence-corrected chi connectivity index (χ4v) is 1.44. The minimum Gasteiger partial charge on any atom is -0.366 e. The van der Waals surface area contributed by atoms with Crippen molar-refractivity contribution in [1.82, 2.24) is 0 Å². The lowest BCUT2D eigenvalue weighted by Crippen LogP contribution is -2.17. The first-order chi connectivity index (χ1) is 6.54. The van der Waals surface area contributed by atoms with Crippen LogP contribution in [0.3, 0.4) is 0 Å². The highest BCUT2D eigenvalue weighted by Gasteiger charge is 2.18. The standard InChI is InChI=1S/C12H18O2/c1-12(2,3)10-4-6-11(7-5-10)14-9-8-13/h4-6,8,11H,7,9H2,1-3H3. The fourth-order valence-electron chi connectivity index (χ4n) is 1.44. The zero-order valence-electron chi connectivity index (χ0n) is 9.12. The SMILES string of the molecule is CC(C)(C)C1=CCC(OCC=O)C=C1. The van der Waals surface area contributed by atoms with E-state index in [-0.39, 0.29) is 18.1 Å². The van der Waals surface area contributed by atoms with E-state index in [2.05, 4.69) is 32.9 Å². The highest BCUT2D eigenvalue weighted by molar-refractivity contribution is 5.50. The molecule has 1 aliphatic carbocycles. The van der Waals surface area contributed by atoms with E-state index in [1.54, 1.807) is 0 Å². The monoisotopic (exact) mass is 194 g/mol. The fraction of sp³-hybridized carbons (Fsp3) is 0.583. The van der Waals surface area contributed by atoms with E-state index in [1.807, 2.05) is 6.08 Å². The molecule has 0 N–H and O–H groups in total. The number of hydrogen-bond donors (Lipinski definition) is 0. The lowest BCUT2D eigenvalue weighted by atomic mass is 9.83. The number of rotatable bonds is 3. The molecule has 0 spiro atoms. The molecule has 0 saturated heterocycles. The van der Waals surface area contributed by atoms with E-state index in [1.165, 1.54) is 5.57 Å². The van der Waals surface area contributed by atoms with Crippen LogP contribution in [-0.4, -0.2) is 19.0 Å². The summed E-state index contributed by atoms with van der Waals surface area (Å²) >= 11 is 0. The van der Waals surface area contributed by atoms with Crippen LogP contribution in [0.1, 0.15) is 27.2 Å². The molecule has 0 aromatic carbocycles. The minimum atomic E-state index is 0.0753. The Morgan fingerprint density at radius 3 is 2.71 bits per heavy atom. The Morgan fingerprint density at radius 2 is 2.29 bits per heavy atom. The zero-order valence-corrected chi connectivity index (χ0v) is 9.12. The van der Waals surface area contributed by atoms with E-state index in [9.17, 15) is 4.79 Å². The van der Waals surface area contributed by atoms with Crippen molar-refractivity contribution in [3.63, 3.8) is 0 Å². The number of carbonyl (C=O) groups excluding carboxylic acids is 1. The molecule has 0 amide bonds. The van der Waals surface area contributed by atoms with Crippen molar-refractivity contribution in [2.24, 2.45) is 5.41 Å². The molecule has 2 nitrogen and oxygen atoms in total. The topological polar surface area (TPSA) is 26.3 Å². The number of ether oxygens (including phenoxy) is 1. The van der Waals surface area contributed by atoms with Gasteiger partial charge in [0.2, 0.25) is 0 Å². The predicted molar refractivity (Wildman–Crippen MR) is 57.1 cm³/mol. The summed E-state index contributed by atoms with van der Waals surface area (Å²) in [6.45, 7) is 6.76. The lowest BCUT2D eigenvalue weighted by Gasteiger charge is -2.24. The first-order valence-corrected chi connectivity index (χ1v) is 4.98. The number of carbonyl (C=O) groups is 1. The summed E-state index contributed by atoms with van der Waals surface area (Å²) in [7, 11) is 0. The average molecular weight is 194 g/mol. The van der Waals surface area contributed by atoms with Gasteiger partial charge in [0.1, 0.15) is 12.9 Å². The van der Waals surface area contributed by atoms with Gasteiger partial charge in [-0.2, -0.15) is 0 Å². The van der Waals surface area contributed by atoms with Gasteiger partial charge in [0.05, 0.1) is 6.10 Å². The van der Waals surface area contributed by atoms with Gasteiger partial charge >= 0.3 is 0 Å². The van der Waals surface area contributed by atoms with Crippen molar-refractivity contribution in [2.75, 3.05) is 6.61 Å². The van der Waals surface area contributed by atoms with Gasteiger partial charge in [0.15, 0.2) is 0 Å². The lowest BCUT2D eigenvalue weighted by molar-refractivity contribution is -0.112. The third kappa shape index (κ3) is 3.11. The maximum absolute atomic E-state index is 10.1. The van der Waals surface area contributed by atoms with Gasteiger partial charge in [-0.25, -0.2) is 0 Å². The molecule has 0 fully saturated rings. The minimum absolute atomic E-state index is 0.0753. The molecule has 2 heteroatoms. The molecule has 0 aromatic heterocycles. The summed E-state index contributed by atoms with van der Waals surface area (Å²) in [5, 5.41) is 0. The van der Waals surface area contributed by atoms with E-state index >= 15 is 0 Å². The Kier molecular flexibility index (Phi) is 3.64. The first-order valence-electron chi connectivity index (χ1n) is 4.98. The van der Waals surface area contributed by atoms with E-state index in [0.717, 1.165) is 12.7 Å². The van der Waals surface area contributed by atoms with E-state index < -0.39 is 0 Å². The van der Waals surface area contributed by atoms with Crippen LogP contribution >= 0.6 is 0 Å². The molecule has 0 aliphatic heterocycles. The van der Waals surface area contributed by atoms with Crippen molar-refractivity contribution in [3.8, 4) is 0 Å². The second-order valence-electron chi connectivity index (χ2n) is 4.54. The Labute approximate surface area is 85.6 Å².